The second-order valence-corrected chi connectivity index (χ2v) is 6.69. The van der Waals surface area contributed by atoms with Gasteiger partial charge in [-0.25, -0.2) is 4.79 Å². The van der Waals surface area contributed by atoms with Crippen LogP contribution in [0, 0.1) is 0 Å². The zero-order chi connectivity index (χ0) is 19.5. The first-order chi connectivity index (χ1) is 13.7. The topological polar surface area (TPSA) is 69.0 Å². The molecule has 1 aliphatic rings. The van der Waals surface area contributed by atoms with Gasteiger partial charge in [-0.05, 0) is 29.8 Å². The molecule has 1 fully saturated rings. The molecule has 0 amide bonds. The van der Waals surface area contributed by atoms with Gasteiger partial charge < -0.3 is 18.8 Å². The molecule has 0 radical (unpaired) electrons. The van der Waals surface area contributed by atoms with Crippen molar-refractivity contribution in [2.75, 3.05) is 38.3 Å². The third-order valence-electron chi connectivity index (χ3n) is 4.88. The van der Waals surface area contributed by atoms with Crippen LogP contribution in [0.1, 0.15) is 26.5 Å². The molecule has 6 heteroatoms. The summed E-state index contributed by atoms with van der Waals surface area (Å²) in [5, 5.41) is 0.892. The lowest BCUT2D eigenvalue weighted by molar-refractivity contribution is 0.0600. The number of anilines is 1. The summed E-state index contributed by atoms with van der Waals surface area (Å²) in [6.45, 7) is 2.66. The van der Waals surface area contributed by atoms with Gasteiger partial charge >= 0.3 is 5.97 Å². The fourth-order valence-electron chi connectivity index (χ4n) is 3.44. The number of carbonyl (C=O) groups excluding carboxylic acids is 2. The highest BCUT2D eigenvalue weighted by Gasteiger charge is 2.21. The molecule has 0 atom stereocenters. The molecule has 0 aliphatic carbocycles. The second-order valence-electron chi connectivity index (χ2n) is 6.69. The number of esters is 1. The summed E-state index contributed by atoms with van der Waals surface area (Å²) in [5.74, 6) is -0.233. The van der Waals surface area contributed by atoms with Gasteiger partial charge in [-0.1, -0.05) is 24.3 Å². The van der Waals surface area contributed by atoms with Crippen molar-refractivity contribution in [1.82, 2.24) is 0 Å². The number of carbonyl (C=O) groups is 2. The largest absolute Gasteiger partial charge is 0.465 e. The molecule has 1 saturated heterocycles. The van der Waals surface area contributed by atoms with Crippen molar-refractivity contribution < 1.29 is 23.5 Å². The average Bonchev–Trinajstić information content (AvgIpc) is 3.18. The Morgan fingerprint density at radius 1 is 1.07 bits per heavy atom. The summed E-state index contributed by atoms with van der Waals surface area (Å²) in [7, 11) is 1.36. The van der Waals surface area contributed by atoms with Crippen LogP contribution in [-0.2, 0) is 15.9 Å². The molecule has 2 aromatic carbocycles. The van der Waals surface area contributed by atoms with Gasteiger partial charge in [-0.3, -0.25) is 4.79 Å². The van der Waals surface area contributed by atoms with Gasteiger partial charge in [0.2, 0.25) is 5.78 Å². The fourth-order valence-corrected chi connectivity index (χ4v) is 3.44. The lowest BCUT2D eigenvalue weighted by Crippen LogP contribution is -2.37. The quantitative estimate of drug-likeness (QED) is 0.499. The van der Waals surface area contributed by atoms with E-state index in [9.17, 15) is 9.59 Å². The first kappa shape index (κ1) is 18.3. The Morgan fingerprint density at radius 3 is 2.61 bits per heavy atom. The summed E-state index contributed by atoms with van der Waals surface area (Å²) < 4.78 is 16.0. The standard InChI is InChI=1S/C22H21NO5/c1-26-22(25)17-12-15(6-7-18(17)23-8-10-27-11-9-23)13-19(24)21-14-16-4-2-3-5-20(16)28-21/h2-7,12,14H,8-11,13H2,1H3. The predicted octanol–water partition coefficient (Wildman–Crippen LogP) is 3.48. The van der Waals surface area contributed by atoms with Gasteiger partial charge in [0.1, 0.15) is 5.58 Å². The van der Waals surface area contributed by atoms with Crippen LogP contribution < -0.4 is 4.90 Å². The van der Waals surface area contributed by atoms with Crippen LogP contribution in [0.15, 0.2) is 52.9 Å². The number of para-hydroxylation sites is 1. The minimum absolute atomic E-state index is 0.133. The van der Waals surface area contributed by atoms with Crippen molar-refractivity contribution in [1.29, 1.82) is 0 Å². The number of ether oxygens (including phenoxy) is 2. The Labute approximate surface area is 162 Å². The van der Waals surface area contributed by atoms with Gasteiger partial charge in [-0.2, -0.15) is 0 Å². The molecule has 6 nitrogen and oxygen atoms in total. The van der Waals surface area contributed by atoms with Gasteiger partial charge in [0.25, 0.3) is 0 Å². The Kier molecular flexibility index (Phi) is 5.12. The summed E-state index contributed by atoms with van der Waals surface area (Å²) >= 11 is 0. The monoisotopic (exact) mass is 379 g/mol. The van der Waals surface area contributed by atoms with Crippen LogP contribution in [0.2, 0.25) is 0 Å². The van der Waals surface area contributed by atoms with Crippen LogP contribution in [0.4, 0.5) is 5.69 Å². The molecule has 1 aromatic heterocycles. The number of morpholine rings is 1. The highest BCUT2D eigenvalue weighted by molar-refractivity contribution is 6.00. The van der Waals surface area contributed by atoms with Crippen molar-refractivity contribution in [3.63, 3.8) is 0 Å². The number of hydrogen-bond acceptors (Lipinski definition) is 6. The van der Waals surface area contributed by atoms with Crippen LogP contribution in [0.5, 0.6) is 0 Å². The smallest absolute Gasteiger partial charge is 0.339 e. The lowest BCUT2D eigenvalue weighted by Gasteiger charge is -2.30. The van der Waals surface area contributed by atoms with E-state index in [1.165, 1.54) is 7.11 Å². The van der Waals surface area contributed by atoms with Crippen LogP contribution in [0.25, 0.3) is 11.0 Å². The number of furan rings is 1. The van der Waals surface area contributed by atoms with Crippen molar-refractivity contribution in [2.24, 2.45) is 0 Å². The van der Waals surface area contributed by atoms with E-state index in [0.29, 0.717) is 43.2 Å². The summed E-state index contributed by atoms with van der Waals surface area (Å²) in [6.07, 6.45) is 0.146. The molecule has 0 bridgehead atoms. The number of benzene rings is 2. The third-order valence-corrected chi connectivity index (χ3v) is 4.88. The Morgan fingerprint density at radius 2 is 1.86 bits per heavy atom. The number of ketones is 1. The first-order valence-corrected chi connectivity index (χ1v) is 9.21. The molecule has 28 heavy (non-hydrogen) atoms. The Bertz CT molecular complexity index is 984. The Hall–Kier alpha value is -3.12. The van der Waals surface area contributed by atoms with Gasteiger partial charge in [0.05, 0.1) is 31.6 Å². The first-order valence-electron chi connectivity index (χ1n) is 9.21. The molecule has 0 N–H and O–H groups in total. The number of hydrogen-bond donors (Lipinski definition) is 0. The average molecular weight is 379 g/mol. The third kappa shape index (κ3) is 3.64. The van der Waals surface area contributed by atoms with Gasteiger partial charge in [0, 0.05) is 24.9 Å². The maximum Gasteiger partial charge on any atom is 0.339 e. The normalized spacial score (nSPS) is 14.2. The highest BCUT2D eigenvalue weighted by Crippen LogP contribution is 2.26. The molecule has 0 spiro atoms. The van der Waals surface area contributed by atoms with E-state index in [2.05, 4.69) is 4.90 Å². The molecule has 3 aromatic rings. The lowest BCUT2D eigenvalue weighted by atomic mass is 10.0. The van der Waals surface area contributed by atoms with E-state index in [-0.39, 0.29) is 12.2 Å². The minimum atomic E-state index is -0.417. The van der Waals surface area contributed by atoms with Crippen molar-refractivity contribution in [2.45, 2.75) is 6.42 Å². The van der Waals surface area contributed by atoms with E-state index in [4.69, 9.17) is 13.9 Å². The van der Waals surface area contributed by atoms with Gasteiger partial charge in [-0.15, -0.1) is 0 Å². The second kappa shape index (κ2) is 7.86. The SMILES string of the molecule is COC(=O)c1cc(CC(=O)c2cc3ccccc3o2)ccc1N1CCOCC1. The predicted molar refractivity (Wildman–Crippen MR) is 105 cm³/mol. The molecule has 144 valence electrons. The molecule has 0 unspecified atom stereocenters. The molecular formula is C22H21NO5. The van der Waals surface area contributed by atoms with Crippen LogP contribution in [-0.4, -0.2) is 45.2 Å². The van der Waals surface area contributed by atoms with Crippen molar-refractivity contribution >= 4 is 28.4 Å². The summed E-state index contributed by atoms with van der Waals surface area (Å²) in [5.41, 5.74) is 2.68. The van der Waals surface area contributed by atoms with Gasteiger partial charge in [0.15, 0.2) is 5.76 Å². The number of methoxy groups -OCH3 is 1. The molecule has 0 saturated carbocycles. The molecule has 2 heterocycles. The minimum Gasteiger partial charge on any atom is -0.465 e. The maximum atomic E-state index is 12.7. The van der Waals surface area contributed by atoms with E-state index in [0.717, 1.165) is 16.6 Å². The van der Waals surface area contributed by atoms with E-state index in [1.807, 2.05) is 36.4 Å². The highest BCUT2D eigenvalue weighted by atomic mass is 16.5. The van der Waals surface area contributed by atoms with Crippen LogP contribution >= 0.6 is 0 Å². The van der Waals surface area contributed by atoms with E-state index in [1.54, 1.807) is 12.1 Å². The molecule has 4 rings (SSSR count). The maximum absolute atomic E-state index is 12.7. The zero-order valence-corrected chi connectivity index (χ0v) is 15.6. The Balaban J connectivity index is 1.60. The number of rotatable bonds is 5. The van der Waals surface area contributed by atoms with E-state index < -0.39 is 5.97 Å². The molecule has 1 aliphatic heterocycles. The van der Waals surface area contributed by atoms with E-state index >= 15 is 0 Å². The number of fused-ring (bicyclic) bond motifs is 1. The summed E-state index contributed by atoms with van der Waals surface area (Å²) in [4.78, 5) is 27.1. The zero-order valence-electron chi connectivity index (χ0n) is 15.6. The van der Waals surface area contributed by atoms with Crippen molar-refractivity contribution in [3.8, 4) is 0 Å². The number of nitrogens with zero attached hydrogens (tertiary/aromatic N) is 1. The summed E-state index contributed by atoms with van der Waals surface area (Å²) in [6, 6.07) is 14.7. The molecular weight excluding hydrogens is 358 g/mol. The fraction of sp³-hybridized carbons (Fsp3) is 0.273. The van der Waals surface area contributed by atoms with Crippen LogP contribution in [0.3, 0.4) is 0 Å². The number of Topliss-reactive ketones (excluding diaryl/α,β-unsaturated/α-hetero) is 1. The van der Waals surface area contributed by atoms with Crippen molar-refractivity contribution in [3.05, 3.63) is 65.4 Å².